The van der Waals surface area contributed by atoms with E-state index in [4.69, 9.17) is 28.6 Å². The molecule has 1 heterocycles. The number of thiocarbonyl (C=S) groups is 1. The highest BCUT2D eigenvalue weighted by molar-refractivity contribution is 7.80. The van der Waals surface area contributed by atoms with Gasteiger partial charge in [-0.25, -0.2) is 0 Å². The topological polar surface area (TPSA) is 58.6 Å². The number of piperidine rings is 1. The number of esters is 1. The molecule has 1 saturated heterocycles. The Morgan fingerprint density at radius 1 is 1.30 bits per heavy atom. The molecule has 1 aromatic rings. The molecule has 1 aromatic carbocycles. The summed E-state index contributed by atoms with van der Waals surface area (Å²) in [6.45, 7) is 3.45. The van der Waals surface area contributed by atoms with Gasteiger partial charge in [0.1, 0.15) is 0 Å². The van der Waals surface area contributed by atoms with E-state index in [1.165, 1.54) is 0 Å². The van der Waals surface area contributed by atoms with E-state index in [1.807, 2.05) is 4.90 Å². The Balaban J connectivity index is 1.84. The summed E-state index contributed by atoms with van der Waals surface area (Å²) in [5.74, 6) is -0.497. The number of carbonyl (C=O) groups excluding carboxylic acids is 2. The van der Waals surface area contributed by atoms with Gasteiger partial charge in [0.15, 0.2) is 5.11 Å². The quantitative estimate of drug-likeness (QED) is 0.668. The van der Waals surface area contributed by atoms with Crippen LogP contribution in [0.3, 0.4) is 0 Å². The molecule has 1 amide bonds. The molecule has 0 saturated carbocycles. The Kier molecular flexibility index (Phi) is 6.36. The van der Waals surface area contributed by atoms with Crippen molar-refractivity contribution in [2.24, 2.45) is 5.92 Å². The van der Waals surface area contributed by atoms with Crippen molar-refractivity contribution in [2.75, 3.05) is 19.7 Å². The van der Waals surface area contributed by atoms with E-state index in [2.05, 4.69) is 5.32 Å². The molecule has 1 N–H and O–H groups in total. The van der Waals surface area contributed by atoms with Gasteiger partial charge >= 0.3 is 5.97 Å². The van der Waals surface area contributed by atoms with Crippen molar-refractivity contribution >= 4 is 40.8 Å². The number of hydrogen-bond acceptors (Lipinski definition) is 4. The molecule has 7 heteroatoms. The number of halogens is 1. The molecule has 1 fully saturated rings. The van der Waals surface area contributed by atoms with E-state index >= 15 is 0 Å². The molecule has 5 nitrogen and oxygen atoms in total. The van der Waals surface area contributed by atoms with Gasteiger partial charge in [0, 0.05) is 23.7 Å². The summed E-state index contributed by atoms with van der Waals surface area (Å²) in [6, 6.07) is 6.61. The van der Waals surface area contributed by atoms with Gasteiger partial charge < -0.3 is 9.64 Å². The third-order valence-corrected chi connectivity index (χ3v) is 4.34. The smallest absolute Gasteiger partial charge is 0.309 e. The predicted octanol–water partition coefficient (Wildman–Crippen LogP) is 2.63. The number of hydrogen-bond donors (Lipinski definition) is 1. The minimum absolute atomic E-state index is 0.0824. The number of nitrogens with one attached hydrogen (secondary N) is 1. The number of amides is 1. The molecule has 0 bridgehead atoms. The van der Waals surface area contributed by atoms with Crippen LogP contribution in [0.4, 0.5) is 0 Å². The second kappa shape index (κ2) is 8.26. The molecule has 0 aromatic heterocycles. The zero-order valence-electron chi connectivity index (χ0n) is 12.9. The number of benzene rings is 1. The fourth-order valence-electron chi connectivity index (χ4n) is 2.43. The van der Waals surface area contributed by atoms with E-state index in [0.717, 1.165) is 0 Å². The number of nitrogens with zero attached hydrogens (tertiary/aromatic N) is 1. The first-order valence-corrected chi connectivity index (χ1v) is 8.32. The first-order valence-electron chi connectivity index (χ1n) is 7.53. The second-order valence-corrected chi connectivity index (χ2v) is 6.10. The molecule has 0 spiro atoms. The lowest BCUT2D eigenvalue weighted by Gasteiger charge is -2.32. The van der Waals surface area contributed by atoms with E-state index < -0.39 is 0 Å². The molecule has 0 atom stereocenters. The summed E-state index contributed by atoms with van der Waals surface area (Å²) >= 11 is 11.1. The summed E-state index contributed by atoms with van der Waals surface area (Å²) in [5.41, 5.74) is 0.498. The second-order valence-electron chi connectivity index (χ2n) is 5.28. The van der Waals surface area contributed by atoms with Crippen molar-refractivity contribution in [3.05, 3.63) is 34.9 Å². The maximum absolute atomic E-state index is 12.1. The lowest BCUT2D eigenvalue weighted by Crippen LogP contribution is -2.47. The van der Waals surface area contributed by atoms with Crippen molar-refractivity contribution < 1.29 is 14.3 Å². The van der Waals surface area contributed by atoms with Crippen LogP contribution in [0.2, 0.25) is 5.02 Å². The summed E-state index contributed by atoms with van der Waals surface area (Å²) in [7, 11) is 0. The van der Waals surface area contributed by atoms with E-state index in [9.17, 15) is 9.59 Å². The molecule has 23 heavy (non-hydrogen) atoms. The minimum Gasteiger partial charge on any atom is -0.466 e. The lowest BCUT2D eigenvalue weighted by molar-refractivity contribution is -0.149. The van der Waals surface area contributed by atoms with Crippen LogP contribution in [0, 0.1) is 5.92 Å². The van der Waals surface area contributed by atoms with Gasteiger partial charge in [0.05, 0.1) is 12.5 Å². The van der Waals surface area contributed by atoms with Crippen LogP contribution < -0.4 is 5.32 Å². The molecule has 0 aliphatic carbocycles. The number of likely N-dealkylation sites (tertiary alicyclic amines) is 1. The molecule has 2 rings (SSSR count). The van der Waals surface area contributed by atoms with Crippen molar-refractivity contribution in [3.63, 3.8) is 0 Å². The monoisotopic (exact) mass is 354 g/mol. The number of carbonyl (C=O) groups is 2. The Hall–Kier alpha value is -1.66. The van der Waals surface area contributed by atoms with Crippen molar-refractivity contribution in [3.8, 4) is 0 Å². The van der Waals surface area contributed by atoms with Crippen molar-refractivity contribution in [1.82, 2.24) is 10.2 Å². The maximum Gasteiger partial charge on any atom is 0.309 e. The van der Waals surface area contributed by atoms with Gasteiger partial charge in [0.25, 0.3) is 5.91 Å². The normalized spacial score (nSPS) is 15.1. The first-order chi connectivity index (χ1) is 11.0. The van der Waals surface area contributed by atoms with Gasteiger partial charge in [-0.2, -0.15) is 0 Å². The summed E-state index contributed by atoms with van der Waals surface area (Å²) in [4.78, 5) is 25.7. The largest absolute Gasteiger partial charge is 0.466 e. The van der Waals surface area contributed by atoms with Gasteiger partial charge in [-0.1, -0.05) is 11.6 Å². The fourth-order valence-corrected chi connectivity index (χ4v) is 2.83. The Labute approximate surface area is 145 Å². The molecule has 0 radical (unpaired) electrons. The van der Waals surface area contributed by atoms with Crippen molar-refractivity contribution in [2.45, 2.75) is 19.8 Å². The first kappa shape index (κ1) is 17.7. The van der Waals surface area contributed by atoms with Gasteiger partial charge in [-0.05, 0) is 56.2 Å². The Morgan fingerprint density at radius 3 is 2.48 bits per heavy atom. The standard InChI is InChI=1S/C16H19ClN2O3S/c1-2-22-15(21)12-7-9-19(10-8-12)16(23)18-14(20)11-3-5-13(17)6-4-11/h3-6,12H,2,7-10H2,1H3,(H,18,20,23). The Bertz CT molecular complexity index is 583. The summed E-state index contributed by atoms with van der Waals surface area (Å²) in [5, 5.41) is 3.67. The highest BCUT2D eigenvalue weighted by atomic mass is 35.5. The molecular weight excluding hydrogens is 336 g/mol. The zero-order valence-corrected chi connectivity index (χ0v) is 14.5. The zero-order chi connectivity index (χ0) is 16.8. The van der Waals surface area contributed by atoms with Crippen LogP contribution in [0.15, 0.2) is 24.3 Å². The highest BCUT2D eigenvalue weighted by Crippen LogP contribution is 2.19. The molecule has 1 aliphatic heterocycles. The van der Waals surface area contributed by atoms with Gasteiger partial charge in [0.2, 0.25) is 0 Å². The Morgan fingerprint density at radius 2 is 1.91 bits per heavy atom. The van der Waals surface area contributed by atoms with Crippen molar-refractivity contribution in [1.29, 1.82) is 0 Å². The van der Waals surface area contributed by atoms with Crippen LogP contribution >= 0.6 is 23.8 Å². The SMILES string of the molecule is CCOC(=O)C1CCN(C(=S)NC(=O)c2ccc(Cl)cc2)CC1. The molecule has 1 aliphatic rings. The third kappa shape index (κ3) is 4.91. The third-order valence-electron chi connectivity index (χ3n) is 3.73. The summed E-state index contributed by atoms with van der Waals surface area (Å²) < 4.78 is 5.04. The van der Waals surface area contributed by atoms with E-state index in [-0.39, 0.29) is 17.8 Å². The average Bonchev–Trinajstić information content (AvgIpc) is 2.55. The molecule has 0 unspecified atom stereocenters. The molecular formula is C16H19ClN2O3S. The van der Waals surface area contributed by atoms with E-state index in [0.29, 0.717) is 48.2 Å². The average molecular weight is 355 g/mol. The number of ether oxygens (including phenoxy) is 1. The van der Waals surface area contributed by atoms with E-state index in [1.54, 1.807) is 31.2 Å². The highest BCUT2D eigenvalue weighted by Gasteiger charge is 2.27. The van der Waals surface area contributed by atoms with Gasteiger partial charge in [-0.3, -0.25) is 14.9 Å². The number of rotatable bonds is 3. The van der Waals surface area contributed by atoms with Crippen LogP contribution in [0.25, 0.3) is 0 Å². The lowest BCUT2D eigenvalue weighted by atomic mass is 9.97. The summed E-state index contributed by atoms with van der Waals surface area (Å²) in [6.07, 6.45) is 1.35. The molecule has 124 valence electrons. The van der Waals surface area contributed by atoms with Gasteiger partial charge in [-0.15, -0.1) is 0 Å². The fraction of sp³-hybridized carbons (Fsp3) is 0.438. The predicted molar refractivity (Wildman–Crippen MR) is 92.4 cm³/mol. The minimum atomic E-state index is -0.265. The van der Waals surface area contributed by atoms with Crippen LogP contribution in [0.5, 0.6) is 0 Å². The van der Waals surface area contributed by atoms with Crippen LogP contribution in [-0.2, 0) is 9.53 Å². The maximum atomic E-state index is 12.1. The van der Waals surface area contributed by atoms with Crippen LogP contribution in [0.1, 0.15) is 30.1 Å². The van der Waals surface area contributed by atoms with Crippen LogP contribution in [-0.4, -0.2) is 41.6 Å².